The highest BCUT2D eigenvalue weighted by atomic mass is 35.5. The maximum absolute atomic E-state index is 13.4. The summed E-state index contributed by atoms with van der Waals surface area (Å²) in [6.45, 7) is 6.34. The van der Waals surface area contributed by atoms with E-state index in [0.29, 0.717) is 22.0 Å². The zero-order valence-corrected chi connectivity index (χ0v) is 16.6. The number of para-hydroxylation sites is 1. The third kappa shape index (κ3) is 3.18. The van der Waals surface area contributed by atoms with Gasteiger partial charge in [-0.05, 0) is 30.1 Å². The first-order chi connectivity index (χ1) is 13.1. The minimum atomic E-state index is -0.302. The van der Waals surface area contributed by atoms with Crippen LogP contribution >= 0.6 is 22.9 Å². The Morgan fingerprint density at radius 3 is 2.37 bits per heavy atom. The van der Waals surface area contributed by atoms with Gasteiger partial charge in [-0.25, -0.2) is 4.90 Å². The maximum Gasteiger partial charge on any atom is 0.282 e. The fourth-order valence-electron chi connectivity index (χ4n) is 3.59. The van der Waals surface area contributed by atoms with Gasteiger partial charge in [0.1, 0.15) is 5.70 Å². The van der Waals surface area contributed by atoms with Gasteiger partial charge in [0, 0.05) is 31.1 Å². The molecule has 2 aliphatic rings. The zero-order valence-electron chi connectivity index (χ0n) is 15.0. The number of imide groups is 1. The van der Waals surface area contributed by atoms with Gasteiger partial charge in [-0.1, -0.05) is 36.7 Å². The number of carbonyl (C=O) groups is 2. The van der Waals surface area contributed by atoms with E-state index in [1.54, 1.807) is 24.3 Å². The van der Waals surface area contributed by atoms with E-state index in [4.69, 9.17) is 11.6 Å². The molecule has 1 aromatic carbocycles. The van der Waals surface area contributed by atoms with Crippen LogP contribution in [-0.4, -0.2) is 54.3 Å². The minimum absolute atomic E-state index is 0.290. The third-order valence-electron chi connectivity index (χ3n) is 5.06. The van der Waals surface area contributed by atoms with Crippen molar-refractivity contribution >= 4 is 46.0 Å². The van der Waals surface area contributed by atoms with Crippen LogP contribution in [0.4, 0.5) is 5.69 Å². The van der Waals surface area contributed by atoms with Gasteiger partial charge in [0.15, 0.2) is 0 Å². The van der Waals surface area contributed by atoms with Crippen LogP contribution in [0.15, 0.2) is 47.5 Å². The van der Waals surface area contributed by atoms with Gasteiger partial charge in [0.2, 0.25) is 0 Å². The van der Waals surface area contributed by atoms with Crippen molar-refractivity contribution in [1.29, 1.82) is 0 Å². The molecule has 0 saturated carbocycles. The van der Waals surface area contributed by atoms with Gasteiger partial charge in [0.25, 0.3) is 11.8 Å². The fourth-order valence-corrected chi connectivity index (χ4v) is 4.58. The number of anilines is 1. The normalized spacial score (nSPS) is 18.7. The summed E-state index contributed by atoms with van der Waals surface area (Å²) in [7, 11) is 0. The fraction of sp³-hybridized carbons (Fsp3) is 0.300. The molecule has 0 N–H and O–H groups in total. The number of rotatable bonds is 4. The highest BCUT2D eigenvalue weighted by molar-refractivity contribution is 7.11. The van der Waals surface area contributed by atoms with Crippen LogP contribution in [0.2, 0.25) is 5.02 Å². The monoisotopic (exact) mass is 401 g/mol. The average Bonchev–Trinajstić information content (AvgIpc) is 3.29. The Kier molecular flexibility index (Phi) is 5.04. The summed E-state index contributed by atoms with van der Waals surface area (Å²) in [5.41, 5.74) is 1.42. The Morgan fingerprint density at radius 2 is 1.74 bits per heavy atom. The molecule has 7 heteroatoms. The van der Waals surface area contributed by atoms with Gasteiger partial charge >= 0.3 is 0 Å². The first-order valence-corrected chi connectivity index (χ1v) is 10.3. The summed E-state index contributed by atoms with van der Waals surface area (Å²) in [6.07, 6.45) is 0. The Morgan fingerprint density at radius 1 is 1.00 bits per heavy atom. The van der Waals surface area contributed by atoms with Crippen LogP contribution in [-0.2, 0) is 9.59 Å². The summed E-state index contributed by atoms with van der Waals surface area (Å²) >= 11 is 7.77. The summed E-state index contributed by atoms with van der Waals surface area (Å²) < 4.78 is 0. The standard InChI is InChI=1S/C20H20ClN3O2S/c1-2-22-9-11-23(12-10-22)18-17(16-8-5-13-27-16)19(25)24(20(18)26)15-7-4-3-6-14(15)21/h3-8,13H,2,9-12H2,1H3. The Bertz CT molecular complexity index is 902. The molecule has 5 nitrogen and oxygen atoms in total. The summed E-state index contributed by atoms with van der Waals surface area (Å²) in [5.74, 6) is -0.593. The Hall–Kier alpha value is -2.15. The van der Waals surface area contributed by atoms with Gasteiger partial charge in [-0.15, -0.1) is 11.3 Å². The number of likely N-dealkylation sites (N-methyl/N-ethyl adjacent to an activating group) is 1. The molecule has 0 unspecified atom stereocenters. The van der Waals surface area contributed by atoms with E-state index in [9.17, 15) is 9.59 Å². The molecule has 0 radical (unpaired) electrons. The van der Waals surface area contributed by atoms with E-state index in [-0.39, 0.29) is 11.8 Å². The van der Waals surface area contributed by atoms with Crippen LogP contribution in [0, 0.1) is 0 Å². The number of benzene rings is 1. The van der Waals surface area contributed by atoms with Crippen molar-refractivity contribution in [1.82, 2.24) is 9.80 Å². The Labute approximate surface area is 167 Å². The molecule has 27 heavy (non-hydrogen) atoms. The molecule has 1 saturated heterocycles. The zero-order chi connectivity index (χ0) is 19.0. The molecule has 2 aliphatic heterocycles. The van der Waals surface area contributed by atoms with Crippen molar-refractivity contribution in [2.45, 2.75) is 6.92 Å². The van der Waals surface area contributed by atoms with E-state index >= 15 is 0 Å². The molecule has 0 bridgehead atoms. The van der Waals surface area contributed by atoms with Gasteiger partial charge < -0.3 is 9.80 Å². The van der Waals surface area contributed by atoms with Crippen molar-refractivity contribution < 1.29 is 9.59 Å². The number of hydrogen-bond donors (Lipinski definition) is 0. The topological polar surface area (TPSA) is 43.9 Å². The summed E-state index contributed by atoms with van der Waals surface area (Å²) in [5, 5.41) is 2.31. The molecule has 4 rings (SSSR count). The number of halogens is 1. The second kappa shape index (κ2) is 7.46. The SMILES string of the molecule is CCN1CCN(C2=C(c3cccs3)C(=O)N(c3ccccc3Cl)C2=O)CC1. The van der Waals surface area contributed by atoms with Crippen LogP contribution in [0.5, 0.6) is 0 Å². The molecule has 1 aromatic heterocycles. The van der Waals surface area contributed by atoms with Crippen molar-refractivity contribution in [2.75, 3.05) is 37.6 Å². The lowest BCUT2D eigenvalue weighted by atomic mass is 10.1. The number of amides is 2. The predicted molar refractivity (Wildman–Crippen MR) is 109 cm³/mol. The van der Waals surface area contributed by atoms with E-state index in [1.807, 2.05) is 17.5 Å². The molecule has 2 amide bonds. The van der Waals surface area contributed by atoms with E-state index in [1.165, 1.54) is 16.2 Å². The highest BCUT2D eigenvalue weighted by Crippen LogP contribution is 2.38. The third-order valence-corrected chi connectivity index (χ3v) is 6.26. The average molecular weight is 402 g/mol. The first kappa shape index (κ1) is 18.2. The number of carbonyl (C=O) groups excluding carboxylic acids is 2. The second-order valence-corrected chi connectivity index (χ2v) is 7.87. The van der Waals surface area contributed by atoms with Gasteiger partial charge in [-0.2, -0.15) is 0 Å². The van der Waals surface area contributed by atoms with Crippen molar-refractivity contribution in [3.8, 4) is 0 Å². The Balaban J connectivity index is 1.76. The van der Waals surface area contributed by atoms with E-state index < -0.39 is 0 Å². The molecule has 140 valence electrons. The van der Waals surface area contributed by atoms with Crippen molar-refractivity contribution in [3.05, 3.63) is 57.4 Å². The molecule has 3 heterocycles. The van der Waals surface area contributed by atoms with E-state index in [0.717, 1.165) is 37.6 Å². The minimum Gasteiger partial charge on any atom is -0.364 e. The van der Waals surface area contributed by atoms with Crippen molar-refractivity contribution in [2.24, 2.45) is 0 Å². The predicted octanol–water partition coefficient (Wildman–Crippen LogP) is 3.32. The highest BCUT2D eigenvalue weighted by Gasteiger charge is 2.43. The summed E-state index contributed by atoms with van der Waals surface area (Å²) in [6, 6.07) is 10.8. The molecular weight excluding hydrogens is 382 g/mol. The largest absolute Gasteiger partial charge is 0.364 e. The molecule has 0 spiro atoms. The van der Waals surface area contributed by atoms with Crippen LogP contribution in [0.3, 0.4) is 0 Å². The smallest absolute Gasteiger partial charge is 0.282 e. The van der Waals surface area contributed by atoms with Gasteiger partial charge in [-0.3, -0.25) is 9.59 Å². The lowest BCUT2D eigenvalue weighted by Gasteiger charge is -2.35. The van der Waals surface area contributed by atoms with Crippen LogP contribution in [0.1, 0.15) is 11.8 Å². The molecule has 1 fully saturated rings. The molecule has 0 aliphatic carbocycles. The van der Waals surface area contributed by atoms with Crippen LogP contribution in [0.25, 0.3) is 5.57 Å². The molecule has 2 aromatic rings. The van der Waals surface area contributed by atoms with Gasteiger partial charge in [0.05, 0.1) is 16.3 Å². The quantitative estimate of drug-likeness (QED) is 0.737. The van der Waals surface area contributed by atoms with Crippen LogP contribution < -0.4 is 4.90 Å². The second-order valence-electron chi connectivity index (χ2n) is 6.52. The molecular formula is C20H20ClN3O2S. The molecule has 0 atom stereocenters. The number of hydrogen-bond acceptors (Lipinski definition) is 5. The number of piperazine rings is 1. The maximum atomic E-state index is 13.4. The number of thiophene rings is 1. The first-order valence-electron chi connectivity index (χ1n) is 9.00. The lowest BCUT2D eigenvalue weighted by molar-refractivity contribution is -0.120. The lowest BCUT2D eigenvalue weighted by Crippen LogP contribution is -2.47. The summed E-state index contributed by atoms with van der Waals surface area (Å²) in [4.78, 5) is 33.1. The van der Waals surface area contributed by atoms with E-state index in [2.05, 4.69) is 16.7 Å². The van der Waals surface area contributed by atoms with Crippen molar-refractivity contribution in [3.63, 3.8) is 0 Å². The number of nitrogens with zero attached hydrogens (tertiary/aromatic N) is 3.